The molecule has 0 aliphatic carbocycles. The summed E-state index contributed by atoms with van der Waals surface area (Å²) in [6.07, 6.45) is -0.250. The molecule has 2 amide bonds. The Morgan fingerprint density at radius 2 is 2.11 bits per heavy atom. The molecule has 7 heteroatoms. The van der Waals surface area contributed by atoms with Crippen LogP contribution in [0.2, 0.25) is 0 Å². The van der Waals surface area contributed by atoms with E-state index in [1.54, 1.807) is 31.2 Å². The number of rotatable bonds is 6. The van der Waals surface area contributed by atoms with Gasteiger partial charge in [0.1, 0.15) is 6.61 Å². The van der Waals surface area contributed by atoms with Gasteiger partial charge < -0.3 is 10.6 Å². The lowest BCUT2D eigenvalue weighted by atomic mass is 10.2. The number of nitrogens with one attached hydrogen (secondary N) is 2. The van der Waals surface area contributed by atoms with Gasteiger partial charge in [0, 0.05) is 12.2 Å². The third-order valence-electron chi connectivity index (χ3n) is 2.23. The van der Waals surface area contributed by atoms with Crippen molar-refractivity contribution in [1.82, 2.24) is 5.32 Å². The van der Waals surface area contributed by atoms with Gasteiger partial charge in [-0.05, 0) is 24.6 Å². The van der Waals surface area contributed by atoms with Crippen molar-refractivity contribution >= 4 is 11.7 Å². The van der Waals surface area contributed by atoms with Crippen molar-refractivity contribution in [3.63, 3.8) is 0 Å². The van der Waals surface area contributed by atoms with Gasteiger partial charge in [0.2, 0.25) is 0 Å². The number of carbonyl (C=O) groups excluding carboxylic acids is 1. The molecule has 1 rings (SSSR count). The molecule has 0 aliphatic rings. The van der Waals surface area contributed by atoms with Crippen LogP contribution < -0.4 is 16.5 Å². The van der Waals surface area contributed by atoms with Crippen LogP contribution in [-0.2, 0) is 16.3 Å². The zero-order chi connectivity index (χ0) is 13.4. The molecule has 0 aliphatic heterocycles. The number of amides is 2. The van der Waals surface area contributed by atoms with E-state index in [1.165, 1.54) is 0 Å². The lowest BCUT2D eigenvalue weighted by molar-refractivity contribution is -0.253. The highest BCUT2D eigenvalue weighted by atomic mass is 17.1. The lowest BCUT2D eigenvalue weighted by Crippen LogP contribution is -2.36. The van der Waals surface area contributed by atoms with Gasteiger partial charge in [0.05, 0.1) is 6.10 Å². The zero-order valence-electron chi connectivity index (χ0n) is 10.1. The highest BCUT2D eigenvalue weighted by Gasteiger charge is 2.04. The second-order valence-corrected chi connectivity index (χ2v) is 3.75. The number of hydrogen-bond donors (Lipinski definition) is 4. The summed E-state index contributed by atoms with van der Waals surface area (Å²) in [4.78, 5) is 20.0. The van der Waals surface area contributed by atoms with Crippen LogP contribution in [0, 0.1) is 0 Å². The van der Waals surface area contributed by atoms with Gasteiger partial charge in [-0.15, -0.1) is 0 Å². The topological polar surface area (TPSA) is 106 Å². The van der Waals surface area contributed by atoms with Crippen LogP contribution in [0.5, 0.6) is 0 Å². The fourth-order valence-electron chi connectivity index (χ4n) is 1.22. The van der Waals surface area contributed by atoms with Crippen LogP contribution in [0.15, 0.2) is 24.3 Å². The zero-order valence-corrected chi connectivity index (χ0v) is 10.1. The van der Waals surface area contributed by atoms with E-state index in [4.69, 9.17) is 11.2 Å². The van der Waals surface area contributed by atoms with E-state index in [0.29, 0.717) is 12.2 Å². The molecule has 5 N–H and O–H groups in total. The van der Waals surface area contributed by atoms with E-state index in [1.807, 2.05) is 0 Å². The smallest absolute Gasteiger partial charge is 0.319 e. The monoisotopic (exact) mass is 255 g/mol. The summed E-state index contributed by atoms with van der Waals surface area (Å²) >= 11 is 0. The van der Waals surface area contributed by atoms with Crippen LogP contribution in [0.25, 0.3) is 0 Å². The molecule has 1 aromatic rings. The third kappa shape index (κ3) is 5.11. The maximum atomic E-state index is 11.5. The van der Waals surface area contributed by atoms with Crippen LogP contribution in [0.3, 0.4) is 0 Å². The summed E-state index contributed by atoms with van der Waals surface area (Å²) in [6, 6.07) is 6.53. The second kappa shape index (κ2) is 7.62. The molecule has 100 valence electrons. The van der Waals surface area contributed by atoms with E-state index in [0.717, 1.165) is 5.56 Å². The first-order valence-electron chi connectivity index (χ1n) is 5.41. The average Bonchev–Trinajstić information content (AvgIpc) is 2.38. The van der Waals surface area contributed by atoms with Gasteiger partial charge in [-0.2, -0.15) is 0 Å². The molecule has 0 saturated heterocycles. The van der Waals surface area contributed by atoms with E-state index in [-0.39, 0.29) is 18.7 Å². The molecule has 1 unspecified atom stereocenters. The first-order chi connectivity index (χ1) is 8.65. The summed E-state index contributed by atoms with van der Waals surface area (Å²) < 4.78 is 0. The summed E-state index contributed by atoms with van der Waals surface area (Å²) in [5.74, 6) is 4.95. The summed E-state index contributed by atoms with van der Waals surface area (Å²) in [5, 5.41) is 13.5. The lowest BCUT2D eigenvalue weighted by Gasteiger charge is -2.11. The molecular weight excluding hydrogens is 238 g/mol. The Hall–Kier alpha value is -1.67. The molecule has 18 heavy (non-hydrogen) atoms. The van der Waals surface area contributed by atoms with Gasteiger partial charge >= 0.3 is 6.03 Å². The van der Waals surface area contributed by atoms with Crippen LogP contribution >= 0.6 is 0 Å². The molecule has 0 saturated carbocycles. The maximum absolute atomic E-state index is 11.5. The number of anilines is 1. The standard InChI is InChI=1S/C11H17N3O4/c1-8(18-12)6-13-11(15)14-10-4-2-9(3-5-10)7-17-16/h2-5,8,16H,6-7,12H2,1H3,(H2,13,14,15). The quantitative estimate of drug-likeness (QED) is 0.449. The van der Waals surface area contributed by atoms with E-state index in [9.17, 15) is 4.79 Å². The van der Waals surface area contributed by atoms with E-state index in [2.05, 4.69) is 20.4 Å². The predicted molar refractivity (Wildman–Crippen MR) is 65.6 cm³/mol. The Labute approximate surface area is 105 Å². The van der Waals surface area contributed by atoms with Gasteiger partial charge in [0.15, 0.2) is 0 Å². The second-order valence-electron chi connectivity index (χ2n) is 3.75. The average molecular weight is 255 g/mol. The minimum Gasteiger partial charge on any atom is -0.335 e. The van der Waals surface area contributed by atoms with E-state index < -0.39 is 0 Å². The molecule has 0 fully saturated rings. The summed E-state index contributed by atoms with van der Waals surface area (Å²) in [5.41, 5.74) is 1.43. The molecule has 1 atom stereocenters. The van der Waals surface area contributed by atoms with Gasteiger partial charge in [-0.3, -0.25) is 10.1 Å². The highest BCUT2D eigenvalue weighted by Crippen LogP contribution is 2.09. The molecule has 1 aromatic carbocycles. The molecule has 0 heterocycles. The van der Waals surface area contributed by atoms with Crippen LogP contribution in [0.1, 0.15) is 12.5 Å². The number of hydrogen-bond acceptors (Lipinski definition) is 5. The minimum atomic E-state index is -0.343. The highest BCUT2D eigenvalue weighted by molar-refractivity contribution is 5.89. The Balaban J connectivity index is 2.39. The Morgan fingerprint density at radius 1 is 1.44 bits per heavy atom. The summed E-state index contributed by atoms with van der Waals surface area (Å²) in [7, 11) is 0. The first-order valence-corrected chi connectivity index (χ1v) is 5.41. The predicted octanol–water partition coefficient (Wildman–Crippen LogP) is 1.08. The SMILES string of the molecule is CC(CNC(=O)Nc1ccc(COO)cc1)ON. The van der Waals surface area contributed by atoms with Crippen LogP contribution in [-0.4, -0.2) is 23.9 Å². The fraction of sp³-hybridized carbons (Fsp3) is 0.364. The Kier molecular flexibility index (Phi) is 6.09. The van der Waals surface area contributed by atoms with Crippen molar-refractivity contribution < 1.29 is 19.8 Å². The van der Waals surface area contributed by atoms with E-state index >= 15 is 0 Å². The van der Waals surface area contributed by atoms with Gasteiger partial charge in [0.25, 0.3) is 0 Å². The Bertz CT molecular complexity index is 369. The third-order valence-corrected chi connectivity index (χ3v) is 2.23. The number of nitrogens with two attached hydrogens (primary N) is 1. The number of carbonyl (C=O) groups is 1. The number of urea groups is 1. The maximum Gasteiger partial charge on any atom is 0.319 e. The molecular formula is C11H17N3O4. The van der Waals surface area contributed by atoms with Crippen molar-refractivity contribution in [2.45, 2.75) is 19.6 Å². The largest absolute Gasteiger partial charge is 0.335 e. The molecule has 0 bridgehead atoms. The Morgan fingerprint density at radius 3 is 2.67 bits per heavy atom. The minimum absolute atomic E-state index is 0.109. The first kappa shape index (κ1) is 14.4. The summed E-state index contributed by atoms with van der Waals surface area (Å²) in [6.45, 7) is 2.17. The molecule has 0 aromatic heterocycles. The molecule has 7 nitrogen and oxygen atoms in total. The van der Waals surface area contributed by atoms with Gasteiger partial charge in [-0.25, -0.2) is 15.6 Å². The van der Waals surface area contributed by atoms with Crippen molar-refractivity contribution in [3.8, 4) is 0 Å². The number of benzene rings is 1. The van der Waals surface area contributed by atoms with Crippen molar-refractivity contribution in [1.29, 1.82) is 0 Å². The van der Waals surface area contributed by atoms with Crippen molar-refractivity contribution in [2.24, 2.45) is 5.90 Å². The van der Waals surface area contributed by atoms with Crippen molar-refractivity contribution in [3.05, 3.63) is 29.8 Å². The van der Waals surface area contributed by atoms with Crippen molar-refractivity contribution in [2.75, 3.05) is 11.9 Å². The molecule has 0 spiro atoms. The molecule has 0 radical (unpaired) electrons. The normalized spacial score (nSPS) is 11.9. The fourth-order valence-corrected chi connectivity index (χ4v) is 1.22. The van der Waals surface area contributed by atoms with Crippen LogP contribution in [0.4, 0.5) is 10.5 Å². The van der Waals surface area contributed by atoms with Gasteiger partial charge in [-0.1, -0.05) is 12.1 Å².